The third-order valence-electron chi connectivity index (χ3n) is 4.13. The fraction of sp³-hybridized carbons (Fsp3) is 0.333. The molecule has 0 radical (unpaired) electrons. The second-order valence-corrected chi connectivity index (χ2v) is 6.32. The first kappa shape index (κ1) is 16.6. The molecule has 1 heterocycles. The molecule has 1 amide bonds. The molecule has 0 unspecified atom stereocenters. The van der Waals surface area contributed by atoms with Crippen LogP contribution in [0.1, 0.15) is 36.0 Å². The summed E-state index contributed by atoms with van der Waals surface area (Å²) >= 11 is 6.04. The number of aromatic nitrogens is 1. The highest BCUT2D eigenvalue weighted by Crippen LogP contribution is 2.30. The van der Waals surface area contributed by atoms with Gasteiger partial charge in [-0.2, -0.15) is 0 Å². The van der Waals surface area contributed by atoms with Gasteiger partial charge in [0.15, 0.2) is 0 Å². The zero-order valence-corrected chi connectivity index (χ0v) is 14.3. The Balaban J connectivity index is 1.75. The van der Waals surface area contributed by atoms with Gasteiger partial charge in [0.25, 0.3) is 5.91 Å². The number of carbonyl (C=O) groups is 1. The molecule has 1 aromatic heterocycles. The van der Waals surface area contributed by atoms with Gasteiger partial charge in [-0.3, -0.25) is 9.78 Å². The smallest absolute Gasteiger partial charge is 0.253 e. The minimum absolute atomic E-state index is 0.0869. The van der Waals surface area contributed by atoms with Gasteiger partial charge in [0.1, 0.15) is 5.75 Å². The van der Waals surface area contributed by atoms with E-state index >= 15 is 0 Å². The van der Waals surface area contributed by atoms with Crippen molar-refractivity contribution in [3.63, 3.8) is 0 Å². The largest absolute Gasteiger partial charge is 0.495 e. The summed E-state index contributed by atoms with van der Waals surface area (Å²) in [7, 11) is 1.60. The zero-order valence-electron chi connectivity index (χ0n) is 13.5. The Labute approximate surface area is 146 Å². The average Bonchev–Trinajstić information content (AvgIpc) is 3.08. The summed E-state index contributed by atoms with van der Waals surface area (Å²) in [4.78, 5) is 16.5. The summed E-state index contributed by atoms with van der Waals surface area (Å²) < 4.78 is 5.32. The maximum Gasteiger partial charge on any atom is 0.253 e. The molecule has 24 heavy (non-hydrogen) atoms. The molecule has 6 heteroatoms. The number of carbonyl (C=O) groups excluding carboxylic acids is 1. The summed E-state index contributed by atoms with van der Waals surface area (Å²) in [6, 6.07) is 7.37. The summed E-state index contributed by atoms with van der Waals surface area (Å²) in [6.07, 6.45) is 7.70. The second-order valence-electron chi connectivity index (χ2n) is 5.89. The number of methoxy groups -OCH3 is 1. The van der Waals surface area contributed by atoms with E-state index in [1.807, 2.05) is 0 Å². The minimum atomic E-state index is -0.0869. The SMILES string of the molecule is COc1ccc(Cl)cc1Nc1cncc(C(=O)NC2CCCC2)c1. The summed E-state index contributed by atoms with van der Waals surface area (Å²) in [6.45, 7) is 0. The van der Waals surface area contributed by atoms with Crippen LogP contribution in [0.15, 0.2) is 36.7 Å². The predicted molar refractivity (Wildman–Crippen MR) is 95.2 cm³/mol. The van der Waals surface area contributed by atoms with Crippen LogP contribution in [0.5, 0.6) is 5.75 Å². The quantitative estimate of drug-likeness (QED) is 0.854. The highest BCUT2D eigenvalue weighted by atomic mass is 35.5. The second kappa shape index (κ2) is 7.53. The Hall–Kier alpha value is -2.27. The normalized spacial score (nSPS) is 14.4. The van der Waals surface area contributed by atoms with Crippen molar-refractivity contribution in [3.05, 3.63) is 47.2 Å². The molecule has 3 rings (SSSR count). The fourth-order valence-electron chi connectivity index (χ4n) is 2.90. The topological polar surface area (TPSA) is 63.2 Å². The minimum Gasteiger partial charge on any atom is -0.495 e. The van der Waals surface area contributed by atoms with Gasteiger partial charge in [-0.15, -0.1) is 0 Å². The number of halogens is 1. The van der Waals surface area contributed by atoms with Crippen molar-refractivity contribution >= 4 is 28.9 Å². The van der Waals surface area contributed by atoms with E-state index in [9.17, 15) is 4.79 Å². The van der Waals surface area contributed by atoms with Crippen molar-refractivity contribution in [2.24, 2.45) is 0 Å². The number of ether oxygens (including phenoxy) is 1. The molecular formula is C18H20ClN3O2. The van der Waals surface area contributed by atoms with Crippen LogP contribution in [-0.4, -0.2) is 24.0 Å². The third kappa shape index (κ3) is 3.97. The van der Waals surface area contributed by atoms with Crippen molar-refractivity contribution in [3.8, 4) is 5.75 Å². The van der Waals surface area contributed by atoms with Gasteiger partial charge in [0.05, 0.1) is 30.2 Å². The Bertz CT molecular complexity index is 730. The van der Waals surface area contributed by atoms with Crippen LogP contribution in [-0.2, 0) is 0 Å². The molecule has 0 bridgehead atoms. The van der Waals surface area contributed by atoms with Gasteiger partial charge in [-0.1, -0.05) is 24.4 Å². The van der Waals surface area contributed by atoms with Gasteiger partial charge in [-0.25, -0.2) is 0 Å². The Kier molecular flexibility index (Phi) is 5.20. The molecule has 1 aromatic carbocycles. The lowest BCUT2D eigenvalue weighted by Crippen LogP contribution is -2.32. The highest BCUT2D eigenvalue weighted by molar-refractivity contribution is 6.31. The molecule has 1 fully saturated rings. The molecule has 2 N–H and O–H groups in total. The van der Waals surface area contributed by atoms with Crippen LogP contribution in [0.2, 0.25) is 5.02 Å². The molecule has 126 valence electrons. The van der Waals surface area contributed by atoms with E-state index in [1.54, 1.807) is 43.8 Å². The number of hydrogen-bond donors (Lipinski definition) is 2. The lowest BCUT2D eigenvalue weighted by Gasteiger charge is -2.14. The maximum absolute atomic E-state index is 12.4. The maximum atomic E-state index is 12.4. The summed E-state index contributed by atoms with van der Waals surface area (Å²) in [5.41, 5.74) is 1.96. The monoisotopic (exact) mass is 345 g/mol. The predicted octanol–water partition coefficient (Wildman–Crippen LogP) is 4.16. The van der Waals surface area contributed by atoms with Crippen LogP contribution in [0.3, 0.4) is 0 Å². The molecule has 2 aromatic rings. The van der Waals surface area contributed by atoms with Crippen LogP contribution < -0.4 is 15.4 Å². The number of pyridine rings is 1. The molecule has 1 aliphatic carbocycles. The number of benzene rings is 1. The first-order chi connectivity index (χ1) is 11.7. The van der Waals surface area contributed by atoms with E-state index in [2.05, 4.69) is 15.6 Å². The van der Waals surface area contributed by atoms with Crippen molar-refractivity contribution in [2.75, 3.05) is 12.4 Å². The van der Waals surface area contributed by atoms with Crippen molar-refractivity contribution < 1.29 is 9.53 Å². The lowest BCUT2D eigenvalue weighted by atomic mass is 10.2. The van der Waals surface area contributed by atoms with Crippen LogP contribution in [0.4, 0.5) is 11.4 Å². The van der Waals surface area contributed by atoms with Gasteiger partial charge >= 0.3 is 0 Å². The molecule has 0 saturated heterocycles. The van der Waals surface area contributed by atoms with Crippen LogP contribution >= 0.6 is 11.6 Å². The van der Waals surface area contributed by atoms with Crippen LogP contribution in [0, 0.1) is 0 Å². The molecule has 0 spiro atoms. The fourth-order valence-corrected chi connectivity index (χ4v) is 3.08. The van der Waals surface area contributed by atoms with Gasteiger partial charge in [-0.05, 0) is 37.1 Å². The van der Waals surface area contributed by atoms with Crippen molar-refractivity contribution in [1.29, 1.82) is 0 Å². The molecule has 5 nitrogen and oxygen atoms in total. The van der Waals surface area contributed by atoms with E-state index in [1.165, 1.54) is 12.8 Å². The van der Waals surface area contributed by atoms with Crippen molar-refractivity contribution in [2.45, 2.75) is 31.7 Å². The van der Waals surface area contributed by atoms with E-state index in [4.69, 9.17) is 16.3 Å². The molecule has 0 atom stereocenters. The van der Waals surface area contributed by atoms with E-state index in [-0.39, 0.29) is 11.9 Å². The third-order valence-corrected chi connectivity index (χ3v) is 4.37. The van der Waals surface area contributed by atoms with E-state index in [0.29, 0.717) is 22.0 Å². The van der Waals surface area contributed by atoms with Gasteiger partial charge < -0.3 is 15.4 Å². The number of rotatable bonds is 5. The zero-order chi connectivity index (χ0) is 16.9. The number of hydrogen-bond acceptors (Lipinski definition) is 4. The van der Waals surface area contributed by atoms with Gasteiger partial charge in [0, 0.05) is 17.3 Å². The lowest BCUT2D eigenvalue weighted by molar-refractivity contribution is 0.0937. The van der Waals surface area contributed by atoms with E-state index in [0.717, 1.165) is 18.5 Å². The number of amides is 1. The highest BCUT2D eigenvalue weighted by Gasteiger charge is 2.18. The number of nitrogens with zero attached hydrogens (tertiary/aromatic N) is 1. The van der Waals surface area contributed by atoms with Crippen molar-refractivity contribution in [1.82, 2.24) is 10.3 Å². The molecule has 0 aliphatic heterocycles. The summed E-state index contributed by atoms with van der Waals surface area (Å²) in [5.74, 6) is 0.580. The summed E-state index contributed by atoms with van der Waals surface area (Å²) in [5, 5.41) is 6.87. The van der Waals surface area contributed by atoms with Gasteiger partial charge in [0.2, 0.25) is 0 Å². The molecule has 1 aliphatic rings. The first-order valence-electron chi connectivity index (χ1n) is 8.02. The Morgan fingerprint density at radius 1 is 1.25 bits per heavy atom. The Morgan fingerprint density at radius 3 is 2.79 bits per heavy atom. The molecule has 1 saturated carbocycles. The number of nitrogens with one attached hydrogen (secondary N) is 2. The molecular weight excluding hydrogens is 326 g/mol. The number of anilines is 2. The first-order valence-corrected chi connectivity index (χ1v) is 8.40. The Morgan fingerprint density at radius 2 is 2.04 bits per heavy atom. The van der Waals surface area contributed by atoms with E-state index < -0.39 is 0 Å². The average molecular weight is 346 g/mol. The standard InChI is InChI=1S/C18H20ClN3O2/c1-24-17-7-6-13(19)9-16(17)21-15-8-12(10-20-11-15)18(23)22-14-4-2-3-5-14/h6-11,14,21H,2-5H2,1H3,(H,22,23). The van der Waals surface area contributed by atoms with Crippen LogP contribution in [0.25, 0.3) is 0 Å².